The van der Waals surface area contributed by atoms with Crippen molar-refractivity contribution in [1.29, 1.82) is 0 Å². The van der Waals surface area contributed by atoms with Gasteiger partial charge in [0.2, 0.25) is 5.88 Å². The molecule has 0 saturated heterocycles. The molecule has 3 atom stereocenters. The van der Waals surface area contributed by atoms with E-state index in [1.807, 2.05) is 12.1 Å². The van der Waals surface area contributed by atoms with E-state index >= 15 is 0 Å². The van der Waals surface area contributed by atoms with E-state index in [0.717, 1.165) is 17.5 Å². The van der Waals surface area contributed by atoms with E-state index in [1.165, 1.54) is 19.3 Å². The SMILES string of the molecule is COc1cc(NC2CCC(C)C(C)C2)ccn1. The molecule has 3 heteroatoms. The first kappa shape index (κ1) is 12.2. The molecule has 1 aliphatic rings. The van der Waals surface area contributed by atoms with E-state index in [4.69, 9.17) is 4.74 Å². The monoisotopic (exact) mass is 234 g/mol. The number of nitrogens with one attached hydrogen (secondary N) is 1. The predicted octanol–water partition coefficient (Wildman–Crippen LogP) is 3.33. The number of hydrogen-bond donors (Lipinski definition) is 1. The Labute approximate surface area is 104 Å². The summed E-state index contributed by atoms with van der Waals surface area (Å²) in [5, 5.41) is 3.59. The normalized spacial score (nSPS) is 28.8. The molecule has 0 amide bonds. The minimum Gasteiger partial charge on any atom is -0.481 e. The van der Waals surface area contributed by atoms with Gasteiger partial charge in [0.15, 0.2) is 0 Å². The molecule has 0 spiro atoms. The fourth-order valence-electron chi connectivity index (χ4n) is 2.53. The molecular formula is C14H22N2O. The molecular weight excluding hydrogens is 212 g/mol. The molecule has 94 valence electrons. The number of ether oxygens (including phenoxy) is 1. The second kappa shape index (κ2) is 5.39. The molecule has 1 saturated carbocycles. The van der Waals surface area contributed by atoms with Crippen LogP contribution in [0.25, 0.3) is 0 Å². The van der Waals surface area contributed by atoms with Crippen molar-refractivity contribution in [2.45, 2.75) is 39.2 Å². The van der Waals surface area contributed by atoms with Crippen LogP contribution in [0.3, 0.4) is 0 Å². The van der Waals surface area contributed by atoms with E-state index in [0.29, 0.717) is 11.9 Å². The van der Waals surface area contributed by atoms with Gasteiger partial charge in [0.1, 0.15) is 0 Å². The second-order valence-electron chi connectivity index (χ2n) is 5.20. The minimum absolute atomic E-state index is 0.591. The Kier molecular flexibility index (Phi) is 3.87. The summed E-state index contributed by atoms with van der Waals surface area (Å²) >= 11 is 0. The van der Waals surface area contributed by atoms with Crippen molar-refractivity contribution < 1.29 is 4.74 Å². The van der Waals surface area contributed by atoms with Crippen molar-refractivity contribution in [3.63, 3.8) is 0 Å². The molecule has 0 aromatic carbocycles. The summed E-state index contributed by atoms with van der Waals surface area (Å²) in [6.07, 6.45) is 5.62. The fourth-order valence-corrected chi connectivity index (χ4v) is 2.53. The van der Waals surface area contributed by atoms with Gasteiger partial charge in [-0.05, 0) is 37.2 Å². The Hall–Kier alpha value is -1.25. The molecule has 17 heavy (non-hydrogen) atoms. The standard InChI is InChI=1S/C14H22N2O/c1-10-4-5-12(8-11(10)2)16-13-6-7-15-14(9-13)17-3/h6-7,9-12H,4-5,8H2,1-3H3,(H,15,16). The highest BCUT2D eigenvalue weighted by atomic mass is 16.5. The quantitative estimate of drug-likeness (QED) is 0.871. The van der Waals surface area contributed by atoms with Crippen LogP contribution in [0.1, 0.15) is 33.1 Å². The lowest BCUT2D eigenvalue weighted by Crippen LogP contribution is -2.30. The average molecular weight is 234 g/mol. The Bertz CT molecular complexity index is 367. The van der Waals surface area contributed by atoms with Gasteiger partial charge in [0.25, 0.3) is 0 Å². The summed E-state index contributed by atoms with van der Waals surface area (Å²) in [5.74, 6) is 2.34. The fraction of sp³-hybridized carbons (Fsp3) is 0.643. The third kappa shape index (κ3) is 3.11. The van der Waals surface area contributed by atoms with Gasteiger partial charge in [-0.1, -0.05) is 13.8 Å². The van der Waals surface area contributed by atoms with Crippen LogP contribution in [0.4, 0.5) is 5.69 Å². The van der Waals surface area contributed by atoms with Crippen molar-refractivity contribution >= 4 is 5.69 Å². The topological polar surface area (TPSA) is 34.1 Å². The minimum atomic E-state index is 0.591. The van der Waals surface area contributed by atoms with Crippen molar-refractivity contribution in [3.05, 3.63) is 18.3 Å². The van der Waals surface area contributed by atoms with Gasteiger partial charge in [-0.25, -0.2) is 4.98 Å². The van der Waals surface area contributed by atoms with Crippen molar-refractivity contribution in [1.82, 2.24) is 4.98 Å². The summed E-state index contributed by atoms with van der Waals surface area (Å²) < 4.78 is 5.13. The van der Waals surface area contributed by atoms with Gasteiger partial charge in [-0.2, -0.15) is 0 Å². The van der Waals surface area contributed by atoms with Crippen LogP contribution in [-0.4, -0.2) is 18.1 Å². The third-order valence-electron chi connectivity index (χ3n) is 3.91. The molecule has 0 bridgehead atoms. The number of methoxy groups -OCH3 is 1. The second-order valence-corrected chi connectivity index (χ2v) is 5.20. The maximum atomic E-state index is 5.13. The average Bonchev–Trinajstić information content (AvgIpc) is 2.34. The van der Waals surface area contributed by atoms with Crippen molar-refractivity contribution in [2.75, 3.05) is 12.4 Å². The number of rotatable bonds is 3. The summed E-state index contributed by atoms with van der Waals surface area (Å²) in [6, 6.07) is 4.56. The van der Waals surface area contributed by atoms with Gasteiger partial charge < -0.3 is 10.1 Å². The molecule has 0 aliphatic heterocycles. The highest BCUT2D eigenvalue weighted by molar-refractivity contribution is 5.45. The van der Waals surface area contributed by atoms with Crippen LogP contribution < -0.4 is 10.1 Å². The zero-order chi connectivity index (χ0) is 12.3. The molecule has 1 aromatic rings. The summed E-state index contributed by atoms with van der Waals surface area (Å²) in [4.78, 5) is 4.12. The molecule has 1 aromatic heterocycles. The van der Waals surface area contributed by atoms with E-state index in [1.54, 1.807) is 13.3 Å². The first-order chi connectivity index (χ1) is 8.19. The Balaban J connectivity index is 1.96. The molecule has 0 radical (unpaired) electrons. The van der Waals surface area contributed by atoms with Crippen LogP contribution in [0.15, 0.2) is 18.3 Å². The predicted molar refractivity (Wildman–Crippen MR) is 70.4 cm³/mol. The smallest absolute Gasteiger partial charge is 0.214 e. The van der Waals surface area contributed by atoms with Crippen LogP contribution in [0.5, 0.6) is 5.88 Å². The maximum Gasteiger partial charge on any atom is 0.214 e. The first-order valence-electron chi connectivity index (χ1n) is 6.45. The van der Waals surface area contributed by atoms with E-state index < -0.39 is 0 Å². The van der Waals surface area contributed by atoms with Gasteiger partial charge in [-0.3, -0.25) is 0 Å². The van der Waals surface area contributed by atoms with Crippen LogP contribution >= 0.6 is 0 Å². The van der Waals surface area contributed by atoms with E-state index in [-0.39, 0.29) is 0 Å². The van der Waals surface area contributed by atoms with Crippen LogP contribution in [-0.2, 0) is 0 Å². The number of pyridine rings is 1. The lowest BCUT2D eigenvalue weighted by Gasteiger charge is -2.33. The maximum absolute atomic E-state index is 5.13. The van der Waals surface area contributed by atoms with Crippen molar-refractivity contribution in [2.24, 2.45) is 11.8 Å². The van der Waals surface area contributed by atoms with Gasteiger partial charge in [0.05, 0.1) is 7.11 Å². The molecule has 1 aliphatic carbocycles. The molecule has 2 rings (SSSR count). The van der Waals surface area contributed by atoms with Crippen LogP contribution in [0, 0.1) is 11.8 Å². The highest BCUT2D eigenvalue weighted by Crippen LogP contribution is 2.31. The Morgan fingerprint density at radius 1 is 1.29 bits per heavy atom. The zero-order valence-corrected chi connectivity index (χ0v) is 10.9. The van der Waals surface area contributed by atoms with E-state index in [2.05, 4.69) is 24.1 Å². The lowest BCUT2D eigenvalue weighted by molar-refractivity contribution is 0.261. The largest absolute Gasteiger partial charge is 0.481 e. The number of anilines is 1. The number of hydrogen-bond acceptors (Lipinski definition) is 3. The number of aromatic nitrogens is 1. The van der Waals surface area contributed by atoms with Gasteiger partial charge >= 0.3 is 0 Å². The van der Waals surface area contributed by atoms with Crippen molar-refractivity contribution in [3.8, 4) is 5.88 Å². The first-order valence-corrected chi connectivity index (χ1v) is 6.45. The molecule has 3 nitrogen and oxygen atoms in total. The van der Waals surface area contributed by atoms with Gasteiger partial charge in [-0.15, -0.1) is 0 Å². The van der Waals surface area contributed by atoms with Gasteiger partial charge in [0, 0.05) is 24.0 Å². The molecule has 3 unspecified atom stereocenters. The Morgan fingerprint density at radius 2 is 2.12 bits per heavy atom. The number of nitrogens with zero attached hydrogens (tertiary/aromatic N) is 1. The molecule has 1 N–H and O–H groups in total. The molecule has 1 fully saturated rings. The van der Waals surface area contributed by atoms with Crippen LogP contribution in [0.2, 0.25) is 0 Å². The molecule has 1 heterocycles. The van der Waals surface area contributed by atoms with E-state index in [9.17, 15) is 0 Å². The Morgan fingerprint density at radius 3 is 2.82 bits per heavy atom. The highest BCUT2D eigenvalue weighted by Gasteiger charge is 2.24. The third-order valence-corrected chi connectivity index (χ3v) is 3.91. The summed E-state index contributed by atoms with van der Waals surface area (Å²) in [6.45, 7) is 4.71. The summed E-state index contributed by atoms with van der Waals surface area (Å²) in [7, 11) is 1.65. The zero-order valence-electron chi connectivity index (χ0n) is 10.9. The summed E-state index contributed by atoms with van der Waals surface area (Å²) in [5.41, 5.74) is 1.11. The lowest BCUT2D eigenvalue weighted by atomic mass is 9.79.